The van der Waals surface area contributed by atoms with Gasteiger partial charge in [-0.1, -0.05) is 74.0 Å². The summed E-state index contributed by atoms with van der Waals surface area (Å²) in [6.07, 6.45) is 2.06. The first-order chi connectivity index (χ1) is 18.9. The zero-order valence-electron chi connectivity index (χ0n) is 22.2. The lowest BCUT2D eigenvalue weighted by Crippen LogP contribution is -2.38. The van der Waals surface area contributed by atoms with Crippen molar-refractivity contribution in [1.82, 2.24) is 19.2 Å². The van der Waals surface area contributed by atoms with Gasteiger partial charge in [-0.05, 0) is 66.4 Å². The molecule has 1 aliphatic rings. The first kappa shape index (κ1) is 25.0. The molecule has 2 amide bonds. The minimum Gasteiger partial charge on any atom is -0.308 e. The van der Waals surface area contributed by atoms with Crippen LogP contribution in [0.2, 0.25) is 5.02 Å². The van der Waals surface area contributed by atoms with E-state index in [1.807, 2.05) is 65.0 Å². The van der Waals surface area contributed by atoms with Gasteiger partial charge >= 0.3 is 6.03 Å². The predicted molar refractivity (Wildman–Crippen MR) is 156 cm³/mol. The number of carbonyl (C=O) groups is 1. The summed E-state index contributed by atoms with van der Waals surface area (Å²) in [6.45, 7) is 6.77. The second-order valence-electron chi connectivity index (χ2n) is 10.2. The number of fused-ring (bicyclic) bond motifs is 3. The number of nitrogens with one attached hydrogen (secondary N) is 1. The van der Waals surface area contributed by atoms with Crippen molar-refractivity contribution in [2.75, 3.05) is 5.32 Å². The van der Waals surface area contributed by atoms with Crippen molar-refractivity contribution in [3.63, 3.8) is 0 Å². The minimum absolute atomic E-state index is 0.206. The lowest BCUT2D eigenvalue weighted by Gasteiger charge is -2.31. The van der Waals surface area contributed by atoms with Gasteiger partial charge in [-0.3, -0.25) is 0 Å². The van der Waals surface area contributed by atoms with Gasteiger partial charge < -0.3 is 14.8 Å². The molecular weight excluding hydrogens is 506 g/mol. The molecule has 0 saturated heterocycles. The van der Waals surface area contributed by atoms with Crippen LogP contribution in [0.15, 0.2) is 97.2 Å². The summed E-state index contributed by atoms with van der Waals surface area (Å²) in [7, 11) is 0. The van der Waals surface area contributed by atoms with Crippen LogP contribution in [0.4, 0.5) is 10.5 Å². The summed E-state index contributed by atoms with van der Waals surface area (Å²) in [5.74, 6) is 1.36. The van der Waals surface area contributed by atoms with Gasteiger partial charge in [-0.25, -0.2) is 9.48 Å². The fraction of sp³-hybridized carbons (Fsp3) is 0.188. The maximum atomic E-state index is 14.1. The monoisotopic (exact) mass is 535 g/mol. The van der Waals surface area contributed by atoms with Crippen molar-refractivity contribution in [3.05, 3.63) is 130 Å². The van der Waals surface area contributed by atoms with Crippen molar-refractivity contribution in [2.24, 2.45) is 0 Å². The third kappa shape index (κ3) is 4.61. The summed E-state index contributed by atoms with van der Waals surface area (Å²) in [5, 5.41) is 8.58. The molecule has 3 heterocycles. The molecule has 1 atom stereocenters. The van der Waals surface area contributed by atoms with Gasteiger partial charge in [0.05, 0.1) is 29.7 Å². The number of para-hydroxylation sites is 1. The Labute approximate surface area is 233 Å². The Kier molecular flexibility index (Phi) is 6.49. The average molecular weight is 536 g/mol. The molecular formula is C32H30ClN5O. The van der Waals surface area contributed by atoms with Gasteiger partial charge in [0.1, 0.15) is 5.82 Å². The van der Waals surface area contributed by atoms with E-state index in [4.69, 9.17) is 16.7 Å². The maximum absolute atomic E-state index is 14.1. The van der Waals surface area contributed by atoms with E-state index in [1.54, 1.807) is 12.1 Å². The van der Waals surface area contributed by atoms with Crippen molar-refractivity contribution >= 4 is 23.3 Å². The molecule has 0 fully saturated rings. The van der Waals surface area contributed by atoms with Gasteiger partial charge in [-0.15, -0.1) is 0 Å². The number of carbonyl (C=O) groups excluding carboxylic acids is 1. The molecule has 0 radical (unpaired) electrons. The third-order valence-electron chi connectivity index (χ3n) is 7.34. The zero-order valence-corrected chi connectivity index (χ0v) is 22.9. The van der Waals surface area contributed by atoms with Crippen molar-refractivity contribution in [1.29, 1.82) is 0 Å². The Balaban J connectivity index is 1.52. The number of rotatable bonds is 4. The predicted octanol–water partition coefficient (Wildman–Crippen LogP) is 7.89. The highest BCUT2D eigenvalue weighted by molar-refractivity contribution is 6.30. The lowest BCUT2D eigenvalue weighted by atomic mass is 9.97. The van der Waals surface area contributed by atoms with Gasteiger partial charge in [0.15, 0.2) is 0 Å². The maximum Gasteiger partial charge on any atom is 0.322 e. The fourth-order valence-electron chi connectivity index (χ4n) is 5.32. The zero-order chi connectivity index (χ0) is 27.1. The van der Waals surface area contributed by atoms with Gasteiger partial charge in [0.25, 0.3) is 0 Å². The number of nitrogens with zero attached hydrogens (tertiary/aromatic N) is 4. The summed E-state index contributed by atoms with van der Waals surface area (Å²) in [6, 6.07) is 29.6. The second-order valence-corrected chi connectivity index (χ2v) is 10.7. The Morgan fingerprint density at radius 2 is 1.74 bits per heavy atom. The van der Waals surface area contributed by atoms with Crippen LogP contribution < -0.4 is 5.32 Å². The Bertz CT molecular complexity index is 1640. The van der Waals surface area contributed by atoms with Crippen molar-refractivity contribution in [3.8, 4) is 11.5 Å². The minimum atomic E-state index is -0.323. The Morgan fingerprint density at radius 1 is 0.974 bits per heavy atom. The molecule has 6 nitrogen and oxygen atoms in total. The number of urea groups is 1. The summed E-state index contributed by atoms with van der Waals surface area (Å²) < 4.78 is 4.15. The van der Waals surface area contributed by atoms with Crippen LogP contribution in [0.5, 0.6) is 0 Å². The average Bonchev–Trinajstić information content (AvgIpc) is 3.49. The van der Waals surface area contributed by atoms with Crippen molar-refractivity contribution < 1.29 is 4.79 Å². The Morgan fingerprint density at radius 3 is 2.46 bits per heavy atom. The van der Waals surface area contributed by atoms with Crippen molar-refractivity contribution in [2.45, 2.75) is 39.3 Å². The molecule has 39 heavy (non-hydrogen) atoms. The second kappa shape index (κ2) is 10.1. The first-order valence-corrected chi connectivity index (χ1v) is 13.5. The summed E-state index contributed by atoms with van der Waals surface area (Å²) in [5.41, 5.74) is 6.79. The normalized spacial score (nSPS) is 14.6. The van der Waals surface area contributed by atoms with E-state index in [9.17, 15) is 4.79 Å². The summed E-state index contributed by atoms with van der Waals surface area (Å²) >= 11 is 6.23. The van der Waals surface area contributed by atoms with E-state index in [-0.39, 0.29) is 12.1 Å². The highest BCUT2D eigenvalue weighted by atomic mass is 35.5. The van der Waals surface area contributed by atoms with Crippen LogP contribution in [-0.4, -0.2) is 25.3 Å². The number of aromatic nitrogens is 3. The Hall–Kier alpha value is -4.29. The molecule has 0 bridgehead atoms. The van der Waals surface area contributed by atoms with E-state index in [1.165, 1.54) is 5.56 Å². The van der Waals surface area contributed by atoms with Crippen LogP contribution in [0.3, 0.4) is 0 Å². The standard InChI is InChI=1S/C32H30ClN5O/c1-21(2)23-14-16-24(17-15-23)30-29-13-8-18-36(29)31-28(22(3)35-38(31)27-11-5-4-6-12-27)20-37(30)32(39)34-26-10-7-9-25(33)19-26/h4-19,21,30H,20H2,1-3H3,(H,34,39). The van der Waals surface area contributed by atoms with E-state index >= 15 is 0 Å². The van der Waals surface area contributed by atoms with Crippen LogP contribution >= 0.6 is 11.6 Å². The van der Waals surface area contributed by atoms with E-state index in [0.29, 0.717) is 23.2 Å². The summed E-state index contributed by atoms with van der Waals surface area (Å²) in [4.78, 5) is 16.0. The molecule has 1 unspecified atom stereocenters. The highest BCUT2D eigenvalue weighted by Crippen LogP contribution is 2.39. The van der Waals surface area contributed by atoms with Gasteiger partial charge in [0.2, 0.25) is 0 Å². The molecule has 0 aliphatic carbocycles. The number of anilines is 1. The van der Waals surface area contributed by atoms with Crippen LogP contribution in [-0.2, 0) is 6.54 Å². The van der Waals surface area contributed by atoms with Gasteiger partial charge in [-0.2, -0.15) is 5.10 Å². The van der Waals surface area contributed by atoms with Crippen LogP contribution in [0.25, 0.3) is 11.5 Å². The third-order valence-corrected chi connectivity index (χ3v) is 7.58. The molecule has 0 spiro atoms. The number of benzene rings is 3. The quantitative estimate of drug-likeness (QED) is 0.254. The largest absolute Gasteiger partial charge is 0.322 e. The molecule has 196 valence electrons. The van der Waals surface area contributed by atoms with E-state index in [2.05, 4.69) is 60.3 Å². The smallest absolute Gasteiger partial charge is 0.308 e. The SMILES string of the molecule is Cc1nn(-c2ccccc2)c2c1CN(C(=O)Nc1cccc(Cl)c1)C(c1ccc(C(C)C)cc1)c1cccn1-2. The van der Waals surface area contributed by atoms with Crippen LogP contribution in [0, 0.1) is 6.92 Å². The van der Waals surface area contributed by atoms with Gasteiger partial charge in [0, 0.05) is 22.5 Å². The molecule has 6 rings (SSSR count). The molecule has 7 heteroatoms. The molecule has 3 aromatic carbocycles. The number of amides is 2. The number of hydrogen-bond donors (Lipinski definition) is 1. The topological polar surface area (TPSA) is 55.1 Å². The van der Waals surface area contributed by atoms with Crippen LogP contribution in [0.1, 0.15) is 53.9 Å². The molecule has 5 aromatic rings. The molecule has 2 aromatic heterocycles. The molecule has 1 aliphatic heterocycles. The lowest BCUT2D eigenvalue weighted by molar-refractivity contribution is 0.194. The number of hydrogen-bond acceptors (Lipinski definition) is 2. The number of aryl methyl sites for hydroxylation is 1. The highest BCUT2D eigenvalue weighted by Gasteiger charge is 2.36. The van der Waals surface area contributed by atoms with E-state index in [0.717, 1.165) is 34.0 Å². The number of halogens is 1. The molecule has 0 saturated carbocycles. The van der Waals surface area contributed by atoms with E-state index < -0.39 is 0 Å². The first-order valence-electron chi connectivity index (χ1n) is 13.2. The molecule has 1 N–H and O–H groups in total. The fourth-order valence-corrected chi connectivity index (χ4v) is 5.52.